The minimum atomic E-state index is 0.212. The summed E-state index contributed by atoms with van der Waals surface area (Å²) in [6, 6.07) is 0.671. The Morgan fingerprint density at radius 3 is 2.72 bits per heavy atom. The smallest absolute Gasteiger partial charge is 0.0436 e. The zero-order chi connectivity index (χ0) is 13.4. The molecule has 1 unspecified atom stereocenters. The van der Waals surface area contributed by atoms with Crippen LogP contribution in [0.2, 0.25) is 0 Å². The van der Waals surface area contributed by atoms with Crippen LogP contribution < -0.4 is 5.32 Å². The molecule has 0 spiro atoms. The molecular weight excluding hydrogens is 224 g/mol. The fourth-order valence-corrected chi connectivity index (χ4v) is 2.71. The van der Waals surface area contributed by atoms with E-state index < -0.39 is 0 Å². The molecule has 1 aliphatic heterocycles. The normalized spacial score (nSPS) is 23.0. The molecule has 0 radical (unpaired) electrons. The van der Waals surface area contributed by atoms with Crippen molar-refractivity contribution in [3.05, 3.63) is 0 Å². The van der Waals surface area contributed by atoms with Crippen LogP contribution in [0.5, 0.6) is 0 Å². The fraction of sp³-hybridized carbons (Fsp3) is 1.00. The third-order valence-corrected chi connectivity index (χ3v) is 4.02. The van der Waals surface area contributed by atoms with Crippen molar-refractivity contribution in [2.75, 3.05) is 32.8 Å². The molecule has 0 bridgehead atoms. The van der Waals surface area contributed by atoms with E-state index in [1.807, 2.05) is 0 Å². The summed E-state index contributed by atoms with van der Waals surface area (Å²) in [5.41, 5.74) is 0.212. The van der Waals surface area contributed by atoms with Gasteiger partial charge < -0.3 is 15.3 Å². The maximum atomic E-state index is 9.04. The van der Waals surface area contributed by atoms with E-state index in [4.69, 9.17) is 5.11 Å². The van der Waals surface area contributed by atoms with Crippen molar-refractivity contribution in [1.82, 2.24) is 10.2 Å². The van der Waals surface area contributed by atoms with E-state index >= 15 is 0 Å². The molecule has 1 aliphatic rings. The van der Waals surface area contributed by atoms with Gasteiger partial charge in [0, 0.05) is 19.2 Å². The van der Waals surface area contributed by atoms with Crippen LogP contribution in [0.1, 0.15) is 52.9 Å². The number of nitrogens with one attached hydrogen (secondary N) is 1. The lowest BCUT2D eigenvalue weighted by Gasteiger charge is -2.27. The van der Waals surface area contributed by atoms with E-state index in [0.29, 0.717) is 12.6 Å². The Bertz CT molecular complexity index is 219. The van der Waals surface area contributed by atoms with Gasteiger partial charge >= 0.3 is 0 Å². The lowest BCUT2D eigenvalue weighted by atomic mass is 9.89. The Morgan fingerprint density at radius 1 is 1.28 bits per heavy atom. The Kier molecular flexibility index (Phi) is 7.20. The molecule has 3 heteroatoms. The fourth-order valence-electron chi connectivity index (χ4n) is 2.71. The van der Waals surface area contributed by atoms with Crippen LogP contribution in [-0.2, 0) is 0 Å². The maximum Gasteiger partial charge on any atom is 0.0436 e. The highest BCUT2D eigenvalue weighted by Gasteiger charge is 2.21. The summed E-state index contributed by atoms with van der Waals surface area (Å²) in [5.74, 6) is 0. The number of aliphatic hydroxyl groups excluding tert-OH is 1. The lowest BCUT2D eigenvalue weighted by molar-refractivity contribution is 0.200. The van der Waals surface area contributed by atoms with Crippen LogP contribution in [0.4, 0.5) is 0 Å². The Labute approximate surface area is 113 Å². The standard InChI is InChI=1S/C15H32N2O/c1-4-9-17-10-5-6-14(7-11-17)16-13-15(2,3)8-12-18/h14,16,18H,4-13H2,1-3H3. The van der Waals surface area contributed by atoms with Gasteiger partial charge in [-0.1, -0.05) is 20.8 Å². The number of hydrogen-bond acceptors (Lipinski definition) is 3. The Morgan fingerprint density at radius 2 is 2.06 bits per heavy atom. The second-order valence-electron chi connectivity index (χ2n) is 6.49. The zero-order valence-corrected chi connectivity index (χ0v) is 12.5. The molecule has 1 saturated heterocycles. The molecule has 0 aromatic carbocycles. The Hall–Kier alpha value is -0.120. The molecule has 18 heavy (non-hydrogen) atoms. The molecule has 0 aliphatic carbocycles. The summed E-state index contributed by atoms with van der Waals surface area (Å²) in [7, 11) is 0. The third-order valence-electron chi connectivity index (χ3n) is 4.02. The third kappa shape index (κ3) is 6.17. The monoisotopic (exact) mass is 256 g/mol. The SMILES string of the molecule is CCCN1CCCC(NCC(C)(C)CCO)CC1. The van der Waals surface area contributed by atoms with Gasteiger partial charge in [-0.2, -0.15) is 0 Å². The van der Waals surface area contributed by atoms with Gasteiger partial charge in [0.05, 0.1) is 0 Å². The van der Waals surface area contributed by atoms with Crippen LogP contribution in [-0.4, -0.2) is 48.8 Å². The van der Waals surface area contributed by atoms with Gasteiger partial charge in [0.25, 0.3) is 0 Å². The van der Waals surface area contributed by atoms with Crippen molar-refractivity contribution in [1.29, 1.82) is 0 Å². The minimum absolute atomic E-state index is 0.212. The molecule has 0 aromatic rings. The van der Waals surface area contributed by atoms with Crippen molar-refractivity contribution < 1.29 is 5.11 Å². The summed E-state index contributed by atoms with van der Waals surface area (Å²) < 4.78 is 0. The van der Waals surface area contributed by atoms with Crippen molar-refractivity contribution in [2.24, 2.45) is 5.41 Å². The molecule has 108 valence electrons. The number of nitrogens with zero attached hydrogens (tertiary/aromatic N) is 1. The summed E-state index contributed by atoms with van der Waals surface area (Å²) in [5, 5.41) is 12.8. The Balaban J connectivity index is 2.27. The highest BCUT2D eigenvalue weighted by Crippen LogP contribution is 2.19. The van der Waals surface area contributed by atoms with Crippen molar-refractivity contribution in [3.63, 3.8) is 0 Å². The van der Waals surface area contributed by atoms with Crippen molar-refractivity contribution in [3.8, 4) is 0 Å². The molecule has 1 atom stereocenters. The molecule has 0 saturated carbocycles. The van der Waals surface area contributed by atoms with Crippen molar-refractivity contribution >= 4 is 0 Å². The van der Waals surface area contributed by atoms with E-state index in [-0.39, 0.29) is 5.41 Å². The van der Waals surface area contributed by atoms with E-state index in [2.05, 4.69) is 31.0 Å². The molecule has 3 nitrogen and oxygen atoms in total. The summed E-state index contributed by atoms with van der Waals surface area (Å²) >= 11 is 0. The molecule has 1 heterocycles. The average Bonchev–Trinajstić information content (AvgIpc) is 2.53. The van der Waals surface area contributed by atoms with E-state index in [9.17, 15) is 0 Å². The molecule has 1 fully saturated rings. The van der Waals surface area contributed by atoms with Crippen LogP contribution in [0.25, 0.3) is 0 Å². The predicted octanol–water partition coefficient (Wildman–Crippen LogP) is 2.25. The topological polar surface area (TPSA) is 35.5 Å². The molecule has 2 N–H and O–H groups in total. The number of likely N-dealkylation sites (tertiary alicyclic amines) is 1. The highest BCUT2D eigenvalue weighted by molar-refractivity contribution is 4.78. The first kappa shape index (κ1) is 15.9. The van der Waals surface area contributed by atoms with Crippen LogP contribution in [0.3, 0.4) is 0 Å². The number of hydrogen-bond donors (Lipinski definition) is 2. The van der Waals surface area contributed by atoms with Crippen molar-refractivity contribution in [2.45, 2.75) is 58.9 Å². The first-order valence-corrected chi connectivity index (χ1v) is 7.64. The predicted molar refractivity (Wildman–Crippen MR) is 77.9 cm³/mol. The van der Waals surface area contributed by atoms with Gasteiger partial charge in [-0.15, -0.1) is 0 Å². The maximum absolute atomic E-state index is 9.04. The van der Waals surface area contributed by atoms with Gasteiger partial charge in [0.1, 0.15) is 0 Å². The van der Waals surface area contributed by atoms with E-state index in [1.165, 1.54) is 45.3 Å². The summed E-state index contributed by atoms with van der Waals surface area (Å²) in [6.45, 7) is 11.8. The van der Waals surface area contributed by atoms with Gasteiger partial charge in [0.15, 0.2) is 0 Å². The van der Waals surface area contributed by atoms with Crippen LogP contribution >= 0.6 is 0 Å². The summed E-state index contributed by atoms with van der Waals surface area (Å²) in [6.07, 6.45) is 6.04. The molecule has 0 amide bonds. The number of rotatable bonds is 7. The molecule has 1 rings (SSSR count). The summed E-state index contributed by atoms with van der Waals surface area (Å²) in [4.78, 5) is 2.60. The lowest BCUT2D eigenvalue weighted by Crippen LogP contribution is -2.38. The van der Waals surface area contributed by atoms with Crippen LogP contribution in [0, 0.1) is 5.41 Å². The van der Waals surface area contributed by atoms with Gasteiger partial charge in [0.2, 0.25) is 0 Å². The van der Waals surface area contributed by atoms with Gasteiger partial charge in [-0.3, -0.25) is 0 Å². The van der Waals surface area contributed by atoms with E-state index in [1.54, 1.807) is 0 Å². The van der Waals surface area contributed by atoms with E-state index in [0.717, 1.165) is 13.0 Å². The average molecular weight is 256 g/mol. The minimum Gasteiger partial charge on any atom is -0.396 e. The molecular formula is C15H32N2O. The first-order valence-electron chi connectivity index (χ1n) is 7.64. The second kappa shape index (κ2) is 8.13. The zero-order valence-electron chi connectivity index (χ0n) is 12.5. The number of aliphatic hydroxyl groups is 1. The largest absolute Gasteiger partial charge is 0.396 e. The van der Waals surface area contributed by atoms with Crippen LogP contribution in [0.15, 0.2) is 0 Å². The highest BCUT2D eigenvalue weighted by atomic mass is 16.3. The molecule has 0 aromatic heterocycles. The quantitative estimate of drug-likeness (QED) is 0.733. The van der Waals surface area contributed by atoms with Gasteiger partial charge in [-0.25, -0.2) is 0 Å². The second-order valence-corrected chi connectivity index (χ2v) is 6.49. The first-order chi connectivity index (χ1) is 8.57. The van der Waals surface area contributed by atoms with Gasteiger partial charge in [-0.05, 0) is 57.2 Å².